The summed E-state index contributed by atoms with van der Waals surface area (Å²) in [5, 5.41) is 0. The molecular weight excluding hydrogens is 248 g/mol. The van der Waals surface area contributed by atoms with Gasteiger partial charge in [0.2, 0.25) is 0 Å². The van der Waals surface area contributed by atoms with Crippen LogP contribution in [0.3, 0.4) is 0 Å². The van der Waals surface area contributed by atoms with Gasteiger partial charge < -0.3 is 4.74 Å². The van der Waals surface area contributed by atoms with Crippen molar-refractivity contribution in [2.75, 3.05) is 0 Å². The van der Waals surface area contributed by atoms with Crippen LogP contribution < -0.4 is 0 Å². The molecule has 0 N–H and O–H groups in total. The number of hydrogen-bond donors (Lipinski definition) is 0. The first-order valence-electron chi connectivity index (χ1n) is 8.17. The average molecular weight is 280 g/mol. The average Bonchev–Trinajstić information content (AvgIpc) is 2.42. The van der Waals surface area contributed by atoms with Gasteiger partial charge in [-0.3, -0.25) is 4.79 Å². The fraction of sp³-hybridized carbons (Fsp3) is 0.722. The number of unbranched alkanes of at least 4 members (excludes halogenated alkanes) is 4. The lowest BCUT2D eigenvalue weighted by Crippen LogP contribution is -2.15. The van der Waals surface area contributed by atoms with Crippen molar-refractivity contribution in [1.82, 2.24) is 0 Å². The van der Waals surface area contributed by atoms with E-state index in [2.05, 4.69) is 38.2 Å². The molecule has 0 heterocycles. The van der Waals surface area contributed by atoms with Crippen LogP contribution in [0, 0.1) is 0 Å². The third-order valence-corrected chi connectivity index (χ3v) is 3.17. The minimum absolute atomic E-state index is 0.0591. The Bertz CT molecular complexity index is 279. The molecule has 0 bridgehead atoms. The van der Waals surface area contributed by atoms with Crippen LogP contribution in [0.15, 0.2) is 24.3 Å². The second-order valence-corrected chi connectivity index (χ2v) is 5.27. The summed E-state index contributed by atoms with van der Waals surface area (Å²) in [5.74, 6) is -0.168. The van der Waals surface area contributed by atoms with Gasteiger partial charge in [0.15, 0.2) is 0 Å². The van der Waals surface area contributed by atoms with Gasteiger partial charge in [-0.2, -0.15) is 0 Å². The van der Waals surface area contributed by atoms with E-state index in [-0.39, 0.29) is 12.1 Å². The maximum absolute atomic E-state index is 11.0. The molecule has 0 aromatic carbocycles. The Kier molecular flexibility index (Phi) is 13.6. The monoisotopic (exact) mass is 280 g/mol. The van der Waals surface area contributed by atoms with Gasteiger partial charge in [0, 0.05) is 13.3 Å². The number of carbonyl (C=O) groups excluding carboxylic acids is 1. The van der Waals surface area contributed by atoms with Crippen molar-refractivity contribution in [3.05, 3.63) is 24.3 Å². The summed E-state index contributed by atoms with van der Waals surface area (Å²) in [4.78, 5) is 11.0. The SMILES string of the molecule is CCCCC=CCC/C=C\CC(CCCC)OC(C)=O. The highest BCUT2D eigenvalue weighted by Crippen LogP contribution is 2.10. The van der Waals surface area contributed by atoms with Gasteiger partial charge in [-0.25, -0.2) is 0 Å². The highest BCUT2D eigenvalue weighted by molar-refractivity contribution is 5.66. The molecule has 0 saturated heterocycles. The summed E-state index contributed by atoms with van der Waals surface area (Å²) in [6.07, 6.45) is 19.0. The van der Waals surface area contributed by atoms with Crippen LogP contribution >= 0.6 is 0 Å². The Morgan fingerprint density at radius 2 is 1.55 bits per heavy atom. The summed E-state index contributed by atoms with van der Waals surface area (Å²) in [5.41, 5.74) is 0. The summed E-state index contributed by atoms with van der Waals surface area (Å²) in [6.45, 7) is 5.87. The molecule has 0 spiro atoms. The van der Waals surface area contributed by atoms with Crippen LogP contribution in [0.4, 0.5) is 0 Å². The Hall–Kier alpha value is -1.05. The number of carbonyl (C=O) groups is 1. The summed E-state index contributed by atoms with van der Waals surface area (Å²) in [6, 6.07) is 0. The molecule has 0 fully saturated rings. The minimum Gasteiger partial charge on any atom is -0.462 e. The van der Waals surface area contributed by atoms with E-state index in [1.807, 2.05) is 0 Å². The van der Waals surface area contributed by atoms with Crippen molar-refractivity contribution in [2.45, 2.75) is 84.7 Å². The molecule has 0 amide bonds. The van der Waals surface area contributed by atoms with E-state index in [1.165, 1.54) is 26.2 Å². The summed E-state index contributed by atoms with van der Waals surface area (Å²) >= 11 is 0. The minimum atomic E-state index is -0.168. The zero-order valence-electron chi connectivity index (χ0n) is 13.6. The molecule has 1 atom stereocenters. The molecule has 0 radical (unpaired) electrons. The van der Waals surface area contributed by atoms with Crippen molar-refractivity contribution in [1.29, 1.82) is 0 Å². The molecule has 0 aromatic heterocycles. The highest BCUT2D eigenvalue weighted by atomic mass is 16.5. The predicted molar refractivity (Wildman–Crippen MR) is 86.7 cm³/mol. The van der Waals surface area contributed by atoms with Gasteiger partial charge in [0.25, 0.3) is 0 Å². The van der Waals surface area contributed by atoms with E-state index >= 15 is 0 Å². The molecule has 0 aromatic rings. The largest absolute Gasteiger partial charge is 0.462 e. The van der Waals surface area contributed by atoms with E-state index in [4.69, 9.17) is 4.74 Å². The Balaban J connectivity index is 3.75. The van der Waals surface area contributed by atoms with Crippen LogP contribution in [0.2, 0.25) is 0 Å². The Morgan fingerprint density at radius 1 is 0.950 bits per heavy atom. The third kappa shape index (κ3) is 13.4. The quantitative estimate of drug-likeness (QED) is 0.265. The van der Waals surface area contributed by atoms with Gasteiger partial charge in [-0.1, -0.05) is 63.8 Å². The second kappa shape index (κ2) is 14.4. The van der Waals surface area contributed by atoms with Gasteiger partial charge in [-0.15, -0.1) is 0 Å². The van der Waals surface area contributed by atoms with Gasteiger partial charge in [0.1, 0.15) is 6.10 Å². The smallest absolute Gasteiger partial charge is 0.302 e. The molecule has 0 saturated carbocycles. The number of allylic oxidation sites excluding steroid dienone is 3. The molecule has 0 aliphatic heterocycles. The van der Waals surface area contributed by atoms with Crippen molar-refractivity contribution in [3.63, 3.8) is 0 Å². The first-order valence-corrected chi connectivity index (χ1v) is 8.17. The van der Waals surface area contributed by atoms with Crippen LogP contribution in [0.5, 0.6) is 0 Å². The second-order valence-electron chi connectivity index (χ2n) is 5.27. The lowest BCUT2D eigenvalue weighted by Gasteiger charge is -2.14. The zero-order chi connectivity index (χ0) is 15.1. The number of ether oxygens (including phenoxy) is 1. The maximum Gasteiger partial charge on any atom is 0.302 e. The van der Waals surface area contributed by atoms with Gasteiger partial charge in [-0.05, 0) is 25.7 Å². The summed E-state index contributed by atoms with van der Waals surface area (Å²) in [7, 11) is 0. The molecule has 20 heavy (non-hydrogen) atoms. The maximum atomic E-state index is 11.0. The molecular formula is C18H32O2. The van der Waals surface area contributed by atoms with E-state index in [0.29, 0.717) is 0 Å². The van der Waals surface area contributed by atoms with E-state index in [9.17, 15) is 4.79 Å². The number of rotatable bonds is 12. The fourth-order valence-electron chi connectivity index (χ4n) is 2.01. The number of esters is 1. The van der Waals surface area contributed by atoms with Crippen LogP contribution in [0.1, 0.15) is 78.6 Å². The molecule has 2 heteroatoms. The first-order chi connectivity index (χ1) is 9.70. The van der Waals surface area contributed by atoms with Gasteiger partial charge in [0.05, 0.1) is 0 Å². The van der Waals surface area contributed by atoms with E-state index in [0.717, 1.165) is 38.5 Å². The Morgan fingerprint density at radius 3 is 2.15 bits per heavy atom. The van der Waals surface area contributed by atoms with Crippen LogP contribution in [0.25, 0.3) is 0 Å². The Labute approximate surface area is 125 Å². The van der Waals surface area contributed by atoms with E-state index in [1.54, 1.807) is 0 Å². The standard InChI is InChI=1S/C18H32O2/c1-4-6-8-9-10-11-12-13-14-16-18(15-7-5-2)20-17(3)19/h9-10,13-14,18H,4-8,11-12,15-16H2,1-3H3/b10-9?,14-13-. The molecule has 0 aliphatic rings. The van der Waals surface area contributed by atoms with Crippen LogP contribution in [-0.4, -0.2) is 12.1 Å². The van der Waals surface area contributed by atoms with Crippen molar-refractivity contribution >= 4 is 5.97 Å². The number of hydrogen-bond acceptors (Lipinski definition) is 2. The zero-order valence-corrected chi connectivity index (χ0v) is 13.6. The lowest BCUT2D eigenvalue weighted by atomic mass is 10.1. The highest BCUT2D eigenvalue weighted by Gasteiger charge is 2.08. The third-order valence-electron chi connectivity index (χ3n) is 3.17. The van der Waals surface area contributed by atoms with Crippen molar-refractivity contribution < 1.29 is 9.53 Å². The molecule has 2 nitrogen and oxygen atoms in total. The van der Waals surface area contributed by atoms with E-state index < -0.39 is 0 Å². The topological polar surface area (TPSA) is 26.3 Å². The lowest BCUT2D eigenvalue weighted by molar-refractivity contribution is -0.146. The molecule has 116 valence electrons. The molecule has 0 aliphatic carbocycles. The predicted octanol–water partition coefficient (Wildman–Crippen LogP) is 5.58. The summed E-state index contributed by atoms with van der Waals surface area (Å²) < 4.78 is 5.32. The molecule has 1 unspecified atom stereocenters. The van der Waals surface area contributed by atoms with Crippen LogP contribution in [-0.2, 0) is 9.53 Å². The van der Waals surface area contributed by atoms with Gasteiger partial charge >= 0.3 is 5.97 Å². The molecule has 0 rings (SSSR count). The normalized spacial score (nSPS) is 13.2. The van der Waals surface area contributed by atoms with Crippen molar-refractivity contribution in [2.24, 2.45) is 0 Å². The fourth-order valence-corrected chi connectivity index (χ4v) is 2.01. The first kappa shape index (κ1) is 18.9. The van der Waals surface area contributed by atoms with Crippen molar-refractivity contribution in [3.8, 4) is 0 Å².